The normalized spacial score (nSPS) is 25.1. The standard InChI is InChI=1S/C32H35ClN4O4/c1-5-32(30(41)37-13-18(10-33)26-21(37)9-23(39)28-25(26)17(3)12-35-28)14-31(4,15-32)29(40)36-7-6-19-20(36)8-22(38)27-24(19)16(2)11-34-27/h8-9,11-12,18,34-35,38-39H,5-7,10,13-15H2,1-4H3. The number of carbonyl (C=O) groups is 2. The summed E-state index contributed by atoms with van der Waals surface area (Å²) >= 11 is 6.43. The first-order valence-electron chi connectivity index (χ1n) is 14.4. The van der Waals surface area contributed by atoms with Crippen LogP contribution in [0.4, 0.5) is 11.4 Å². The van der Waals surface area contributed by atoms with Crippen molar-refractivity contribution in [1.82, 2.24) is 9.97 Å². The van der Waals surface area contributed by atoms with Gasteiger partial charge in [0.1, 0.15) is 11.5 Å². The van der Waals surface area contributed by atoms with Crippen LogP contribution in [0, 0.1) is 24.7 Å². The highest BCUT2D eigenvalue weighted by Crippen LogP contribution is 2.60. The molecule has 4 N–H and O–H groups in total. The molecule has 3 aliphatic rings. The van der Waals surface area contributed by atoms with E-state index in [1.165, 1.54) is 0 Å². The molecule has 1 atom stereocenters. The Morgan fingerprint density at radius 3 is 2.22 bits per heavy atom. The number of phenolic OH excluding ortho intramolecular Hbond substituents is 2. The molecule has 7 rings (SSSR count). The number of rotatable bonds is 4. The molecular formula is C32H35ClN4O4. The maximum atomic E-state index is 14.3. The van der Waals surface area contributed by atoms with Crippen LogP contribution in [-0.4, -0.2) is 51.0 Å². The average molecular weight is 575 g/mol. The molecule has 1 aliphatic carbocycles. The number of aryl methyl sites for hydroxylation is 2. The number of aromatic hydroxyl groups is 2. The van der Waals surface area contributed by atoms with E-state index in [-0.39, 0.29) is 29.2 Å². The summed E-state index contributed by atoms with van der Waals surface area (Å²) in [6.07, 6.45) is 6.00. The van der Waals surface area contributed by atoms with Crippen LogP contribution in [0.3, 0.4) is 0 Å². The van der Waals surface area contributed by atoms with Crippen molar-refractivity contribution in [3.8, 4) is 11.5 Å². The van der Waals surface area contributed by atoms with Gasteiger partial charge in [0.2, 0.25) is 11.8 Å². The van der Waals surface area contributed by atoms with E-state index in [9.17, 15) is 19.8 Å². The van der Waals surface area contributed by atoms with Gasteiger partial charge in [0.05, 0.1) is 27.8 Å². The first-order valence-corrected chi connectivity index (χ1v) is 14.9. The molecule has 0 bridgehead atoms. The van der Waals surface area contributed by atoms with Gasteiger partial charge in [-0.15, -0.1) is 11.6 Å². The number of halogens is 1. The van der Waals surface area contributed by atoms with E-state index in [0.717, 1.165) is 50.8 Å². The number of carbonyl (C=O) groups excluding carboxylic acids is 2. The predicted molar refractivity (Wildman–Crippen MR) is 161 cm³/mol. The van der Waals surface area contributed by atoms with Crippen molar-refractivity contribution in [2.24, 2.45) is 10.8 Å². The Morgan fingerprint density at radius 2 is 1.59 bits per heavy atom. The maximum absolute atomic E-state index is 14.3. The number of benzene rings is 2. The maximum Gasteiger partial charge on any atom is 0.233 e. The summed E-state index contributed by atoms with van der Waals surface area (Å²) in [5, 5.41) is 23.4. The van der Waals surface area contributed by atoms with E-state index >= 15 is 0 Å². The minimum Gasteiger partial charge on any atom is -0.506 e. The lowest BCUT2D eigenvalue weighted by Crippen LogP contribution is -2.60. The summed E-state index contributed by atoms with van der Waals surface area (Å²) in [6.45, 7) is 8.99. The van der Waals surface area contributed by atoms with Crippen molar-refractivity contribution < 1.29 is 19.8 Å². The van der Waals surface area contributed by atoms with Crippen LogP contribution in [0.15, 0.2) is 24.5 Å². The molecule has 2 aromatic heterocycles. The average Bonchev–Trinajstić information content (AvgIpc) is 3.70. The van der Waals surface area contributed by atoms with Gasteiger partial charge in [-0.05, 0) is 61.8 Å². The third-order valence-corrected chi connectivity index (χ3v) is 10.5. The van der Waals surface area contributed by atoms with Crippen molar-refractivity contribution in [3.63, 3.8) is 0 Å². The van der Waals surface area contributed by atoms with Crippen LogP contribution in [0.1, 0.15) is 61.3 Å². The van der Waals surface area contributed by atoms with Crippen molar-refractivity contribution in [3.05, 3.63) is 46.8 Å². The molecule has 0 radical (unpaired) electrons. The van der Waals surface area contributed by atoms with E-state index in [1.54, 1.807) is 17.0 Å². The van der Waals surface area contributed by atoms with Crippen LogP contribution >= 0.6 is 11.6 Å². The number of hydrogen-bond acceptors (Lipinski definition) is 4. The number of H-pyrrole nitrogens is 2. The van der Waals surface area contributed by atoms with Crippen LogP contribution < -0.4 is 9.80 Å². The smallest absolute Gasteiger partial charge is 0.233 e. The highest BCUT2D eigenvalue weighted by Gasteiger charge is 2.61. The summed E-state index contributed by atoms with van der Waals surface area (Å²) in [6, 6.07) is 3.38. The number of nitrogens with one attached hydrogen (secondary N) is 2. The van der Waals surface area contributed by atoms with E-state index in [0.29, 0.717) is 49.3 Å². The SMILES string of the molecule is CCC1(C(=O)N2CC(CCl)c3c2cc(O)c2[nH]cc(C)c32)CC(C)(C(=O)N2CCc3c2cc(O)c2[nH]cc(C)c32)C1. The Balaban J connectivity index is 1.19. The first-order chi connectivity index (χ1) is 19.5. The van der Waals surface area contributed by atoms with E-state index in [1.807, 2.05) is 45.0 Å². The lowest BCUT2D eigenvalue weighted by atomic mass is 9.51. The molecule has 1 saturated carbocycles. The molecule has 1 unspecified atom stereocenters. The summed E-state index contributed by atoms with van der Waals surface area (Å²) in [7, 11) is 0. The number of alkyl halides is 1. The minimum atomic E-state index is -0.692. The fourth-order valence-electron chi connectivity index (χ4n) is 8.18. The van der Waals surface area contributed by atoms with Gasteiger partial charge < -0.3 is 30.0 Å². The highest BCUT2D eigenvalue weighted by molar-refractivity contribution is 6.19. The molecule has 2 aliphatic heterocycles. The second kappa shape index (κ2) is 8.68. The third-order valence-electron chi connectivity index (χ3n) is 10.1. The van der Waals surface area contributed by atoms with Gasteiger partial charge in [-0.1, -0.05) is 13.8 Å². The fraction of sp³-hybridized carbons (Fsp3) is 0.438. The van der Waals surface area contributed by atoms with Crippen molar-refractivity contribution in [2.45, 2.75) is 59.3 Å². The van der Waals surface area contributed by atoms with Crippen molar-refractivity contribution in [1.29, 1.82) is 0 Å². The lowest BCUT2D eigenvalue weighted by Gasteiger charge is -2.54. The molecule has 8 nitrogen and oxygen atoms in total. The van der Waals surface area contributed by atoms with Gasteiger partial charge in [-0.25, -0.2) is 0 Å². The van der Waals surface area contributed by atoms with Crippen LogP contribution in [-0.2, 0) is 16.0 Å². The molecule has 0 spiro atoms. The Morgan fingerprint density at radius 1 is 0.976 bits per heavy atom. The van der Waals surface area contributed by atoms with E-state index < -0.39 is 10.8 Å². The van der Waals surface area contributed by atoms with E-state index in [4.69, 9.17) is 11.6 Å². The zero-order valence-electron chi connectivity index (χ0n) is 23.8. The van der Waals surface area contributed by atoms with Gasteiger partial charge in [-0.2, -0.15) is 0 Å². The molecule has 4 aromatic rings. The summed E-state index contributed by atoms with van der Waals surface area (Å²) < 4.78 is 0. The monoisotopic (exact) mass is 574 g/mol. The second-order valence-electron chi connectivity index (χ2n) is 12.7. The number of nitrogens with zero attached hydrogens (tertiary/aromatic N) is 2. The molecule has 41 heavy (non-hydrogen) atoms. The Kier molecular flexibility index (Phi) is 5.56. The molecule has 9 heteroatoms. The largest absolute Gasteiger partial charge is 0.506 e. The zero-order valence-corrected chi connectivity index (χ0v) is 24.6. The van der Waals surface area contributed by atoms with E-state index in [2.05, 4.69) is 9.97 Å². The zero-order chi connectivity index (χ0) is 29.0. The molecule has 1 fully saturated rings. The molecule has 0 saturated heterocycles. The van der Waals surface area contributed by atoms with Crippen LogP contribution in [0.5, 0.6) is 11.5 Å². The topological polar surface area (TPSA) is 113 Å². The summed E-state index contributed by atoms with van der Waals surface area (Å²) in [5.74, 6) is 0.573. The molecular weight excluding hydrogens is 540 g/mol. The second-order valence-corrected chi connectivity index (χ2v) is 13.0. The van der Waals surface area contributed by atoms with Crippen molar-refractivity contribution in [2.75, 3.05) is 28.8 Å². The van der Waals surface area contributed by atoms with Gasteiger partial charge in [-0.3, -0.25) is 9.59 Å². The highest BCUT2D eigenvalue weighted by atomic mass is 35.5. The van der Waals surface area contributed by atoms with Gasteiger partial charge in [0.25, 0.3) is 0 Å². The van der Waals surface area contributed by atoms with Crippen LogP contribution in [0.25, 0.3) is 21.8 Å². The summed E-state index contributed by atoms with van der Waals surface area (Å²) in [5.41, 5.74) is 5.64. The molecule has 2 amide bonds. The lowest BCUT2D eigenvalue weighted by molar-refractivity contribution is -0.153. The number of aromatic amines is 2. The number of amides is 2. The Hall–Kier alpha value is -3.65. The molecule has 2 aromatic carbocycles. The number of aromatic nitrogens is 2. The van der Waals surface area contributed by atoms with Crippen LogP contribution in [0.2, 0.25) is 0 Å². The quantitative estimate of drug-likeness (QED) is 0.220. The minimum absolute atomic E-state index is 0.00261. The number of anilines is 2. The summed E-state index contributed by atoms with van der Waals surface area (Å²) in [4.78, 5) is 38.3. The number of hydrogen-bond donors (Lipinski definition) is 4. The molecule has 4 heterocycles. The Labute approximate surface area is 243 Å². The Bertz CT molecular complexity index is 1780. The van der Waals surface area contributed by atoms with Gasteiger partial charge >= 0.3 is 0 Å². The number of phenols is 2. The fourth-order valence-corrected chi connectivity index (χ4v) is 8.43. The van der Waals surface area contributed by atoms with Gasteiger partial charge in [0, 0.05) is 65.6 Å². The first kappa shape index (κ1) is 26.3. The predicted octanol–water partition coefficient (Wildman–Crippen LogP) is 6.13. The third kappa shape index (κ3) is 3.40. The van der Waals surface area contributed by atoms with Crippen molar-refractivity contribution >= 4 is 56.6 Å². The number of fused-ring (bicyclic) bond motifs is 6. The van der Waals surface area contributed by atoms with Gasteiger partial charge in [0.15, 0.2) is 0 Å². The molecule has 214 valence electrons.